The molecule has 6 nitrogen and oxygen atoms in total. The molecule has 0 spiro atoms. The lowest BCUT2D eigenvalue weighted by atomic mass is 10.2. The molecule has 2 aromatic rings. The van der Waals surface area contributed by atoms with E-state index in [1.54, 1.807) is 0 Å². The van der Waals surface area contributed by atoms with Crippen LogP contribution in [0.3, 0.4) is 0 Å². The van der Waals surface area contributed by atoms with Crippen molar-refractivity contribution in [3.05, 3.63) is 52.0 Å². The second-order valence-corrected chi connectivity index (χ2v) is 6.51. The van der Waals surface area contributed by atoms with Gasteiger partial charge in [-0.05, 0) is 64.7 Å². The van der Waals surface area contributed by atoms with E-state index in [9.17, 15) is 14.7 Å². The van der Waals surface area contributed by atoms with Crippen molar-refractivity contribution in [1.29, 1.82) is 0 Å². The van der Waals surface area contributed by atoms with E-state index in [0.717, 1.165) is 16.6 Å². The molecule has 0 aromatic heterocycles. The number of hydrogen-bond acceptors (Lipinski definition) is 4. The van der Waals surface area contributed by atoms with Crippen molar-refractivity contribution in [3.8, 4) is 11.5 Å². The summed E-state index contributed by atoms with van der Waals surface area (Å²) >= 11 is 3.46. The van der Waals surface area contributed by atoms with Crippen molar-refractivity contribution in [2.45, 2.75) is 26.2 Å². The highest BCUT2D eigenvalue weighted by molar-refractivity contribution is 9.10. The highest BCUT2D eigenvalue weighted by Crippen LogP contribution is 2.27. The number of ether oxygens (including phenoxy) is 1. The Morgan fingerprint density at radius 1 is 1.19 bits per heavy atom. The van der Waals surface area contributed by atoms with Crippen LogP contribution in [0.4, 0.5) is 5.69 Å². The molecular formula is C19H20BrNO5. The van der Waals surface area contributed by atoms with Gasteiger partial charge >= 0.3 is 5.97 Å². The maximum absolute atomic E-state index is 12.0. The van der Waals surface area contributed by atoms with E-state index in [1.165, 1.54) is 23.8 Å². The number of aromatic hydroxyl groups is 1. The van der Waals surface area contributed by atoms with Crippen molar-refractivity contribution in [2.75, 3.05) is 11.9 Å². The molecule has 0 saturated heterocycles. The topological polar surface area (TPSA) is 95.9 Å². The molecular weight excluding hydrogens is 402 g/mol. The number of carboxylic acids is 1. The number of carbonyl (C=O) groups is 2. The number of benzene rings is 2. The molecule has 0 aliphatic rings. The van der Waals surface area contributed by atoms with Crippen molar-refractivity contribution in [1.82, 2.24) is 0 Å². The van der Waals surface area contributed by atoms with Crippen molar-refractivity contribution in [3.63, 3.8) is 0 Å². The van der Waals surface area contributed by atoms with Crippen LogP contribution in [-0.2, 0) is 11.2 Å². The first-order chi connectivity index (χ1) is 12.4. The molecule has 138 valence electrons. The van der Waals surface area contributed by atoms with Gasteiger partial charge in [0.05, 0.1) is 22.3 Å². The van der Waals surface area contributed by atoms with Crippen LogP contribution in [-0.4, -0.2) is 28.7 Å². The Hall–Kier alpha value is -2.54. The number of carboxylic acid groups (broad SMARTS) is 1. The second kappa shape index (κ2) is 9.24. The molecule has 2 rings (SSSR count). The number of halogens is 1. The summed E-state index contributed by atoms with van der Waals surface area (Å²) in [5, 5.41) is 21.2. The zero-order valence-electron chi connectivity index (χ0n) is 14.3. The number of amides is 1. The molecule has 2 aromatic carbocycles. The normalized spacial score (nSPS) is 10.4. The number of phenolic OH excluding ortho intramolecular Hbond substituents is 1. The molecule has 0 unspecified atom stereocenters. The number of carbonyl (C=O) groups excluding carboxylic acids is 1. The third-order valence-corrected chi connectivity index (χ3v) is 4.35. The van der Waals surface area contributed by atoms with Gasteiger partial charge in [0, 0.05) is 6.42 Å². The zero-order chi connectivity index (χ0) is 19.1. The quantitative estimate of drug-likeness (QED) is 0.438. The van der Waals surface area contributed by atoms with Gasteiger partial charge in [-0.3, -0.25) is 4.79 Å². The lowest BCUT2D eigenvalue weighted by Gasteiger charge is -2.10. The zero-order valence-corrected chi connectivity index (χ0v) is 15.9. The van der Waals surface area contributed by atoms with E-state index >= 15 is 0 Å². The van der Waals surface area contributed by atoms with E-state index in [-0.39, 0.29) is 29.3 Å². The smallest absolute Gasteiger partial charge is 0.335 e. The van der Waals surface area contributed by atoms with Crippen LogP contribution in [0.15, 0.2) is 40.9 Å². The van der Waals surface area contributed by atoms with Crippen LogP contribution in [0, 0.1) is 0 Å². The van der Waals surface area contributed by atoms with E-state index in [0.29, 0.717) is 13.0 Å². The largest absolute Gasteiger partial charge is 0.506 e. The molecule has 0 saturated carbocycles. The molecule has 26 heavy (non-hydrogen) atoms. The highest BCUT2D eigenvalue weighted by Gasteiger charge is 2.11. The number of aryl methyl sites for hydroxylation is 1. The van der Waals surface area contributed by atoms with Crippen molar-refractivity contribution >= 4 is 33.5 Å². The molecule has 0 aliphatic carbocycles. The average Bonchev–Trinajstić information content (AvgIpc) is 2.61. The molecule has 0 radical (unpaired) electrons. The van der Waals surface area contributed by atoms with Gasteiger partial charge in [-0.25, -0.2) is 4.79 Å². The van der Waals surface area contributed by atoms with E-state index < -0.39 is 5.97 Å². The third kappa shape index (κ3) is 5.49. The highest BCUT2D eigenvalue weighted by atomic mass is 79.9. The van der Waals surface area contributed by atoms with Crippen molar-refractivity contribution in [2.24, 2.45) is 0 Å². The summed E-state index contributed by atoms with van der Waals surface area (Å²) in [4.78, 5) is 22.9. The number of rotatable bonds is 8. The Morgan fingerprint density at radius 2 is 1.96 bits per heavy atom. The molecule has 0 atom stereocenters. The number of aromatic carboxylic acids is 1. The Bertz CT molecular complexity index is 807. The molecule has 7 heteroatoms. The number of nitrogens with one attached hydrogen (secondary N) is 1. The van der Waals surface area contributed by atoms with Crippen LogP contribution in [0.25, 0.3) is 0 Å². The van der Waals surface area contributed by atoms with Gasteiger partial charge < -0.3 is 20.3 Å². The Kier molecular flexibility index (Phi) is 7.03. The minimum Gasteiger partial charge on any atom is -0.506 e. The maximum atomic E-state index is 12.0. The third-order valence-electron chi connectivity index (χ3n) is 3.73. The summed E-state index contributed by atoms with van der Waals surface area (Å²) in [7, 11) is 0. The molecule has 3 N–H and O–H groups in total. The summed E-state index contributed by atoms with van der Waals surface area (Å²) in [5.41, 5.74) is 1.27. The summed E-state index contributed by atoms with van der Waals surface area (Å²) in [5.74, 6) is -0.922. The fourth-order valence-corrected chi connectivity index (χ4v) is 2.82. The maximum Gasteiger partial charge on any atom is 0.335 e. The Morgan fingerprint density at radius 3 is 2.62 bits per heavy atom. The van der Waals surface area contributed by atoms with E-state index in [2.05, 4.69) is 28.2 Å². The van der Waals surface area contributed by atoms with Gasteiger partial charge in [0.1, 0.15) is 11.5 Å². The molecule has 0 aliphatic heterocycles. The first-order valence-corrected chi connectivity index (χ1v) is 8.97. The van der Waals surface area contributed by atoms with Gasteiger partial charge in [-0.15, -0.1) is 0 Å². The standard InChI is InChI=1S/C19H20BrNO5/c1-2-12-5-8-17(14(20)10-12)26-9-3-4-18(23)21-15-11-13(19(24)25)6-7-16(15)22/h5-8,10-11,22H,2-4,9H2,1H3,(H,21,23)(H,24,25). The van der Waals surface area contributed by atoms with Crippen molar-refractivity contribution < 1.29 is 24.5 Å². The number of phenols is 1. The predicted octanol–water partition coefficient (Wildman–Crippen LogP) is 4.21. The minimum absolute atomic E-state index is 0.0122. The van der Waals surface area contributed by atoms with Gasteiger partial charge in [-0.2, -0.15) is 0 Å². The van der Waals surface area contributed by atoms with Gasteiger partial charge in [0.25, 0.3) is 0 Å². The lowest BCUT2D eigenvalue weighted by molar-refractivity contribution is -0.116. The van der Waals surface area contributed by atoms with Crippen LogP contribution >= 0.6 is 15.9 Å². The summed E-state index contributed by atoms with van der Waals surface area (Å²) in [6.07, 6.45) is 1.60. The number of anilines is 1. The Labute approximate surface area is 159 Å². The molecule has 0 bridgehead atoms. The lowest BCUT2D eigenvalue weighted by Crippen LogP contribution is -2.13. The summed E-state index contributed by atoms with van der Waals surface area (Å²) in [6, 6.07) is 9.60. The van der Waals surface area contributed by atoms with Gasteiger partial charge in [-0.1, -0.05) is 13.0 Å². The predicted molar refractivity (Wildman–Crippen MR) is 102 cm³/mol. The van der Waals surface area contributed by atoms with Crippen LogP contribution in [0.5, 0.6) is 11.5 Å². The fourth-order valence-electron chi connectivity index (χ4n) is 2.28. The van der Waals surface area contributed by atoms with E-state index in [4.69, 9.17) is 9.84 Å². The monoisotopic (exact) mass is 421 g/mol. The fraction of sp³-hybridized carbons (Fsp3) is 0.263. The van der Waals surface area contributed by atoms with Crippen LogP contribution < -0.4 is 10.1 Å². The minimum atomic E-state index is -1.13. The Balaban J connectivity index is 1.82. The SMILES string of the molecule is CCc1ccc(OCCCC(=O)Nc2cc(C(=O)O)ccc2O)c(Br)c1. The molecule has 0 heterocycles. The second-order valence-electron chi connectivity index (χ2n) is 5.66. The average molecular weight is 422 g/mol. The number of hydrogen-bond donors (Lipinski definition) is 3. The summed E-state index contributed by atoms with van der Waals surface area (Å²) in [6.45, 7) is 2.43. The van der Waals surface area contributed by atoms with Crippen LogP contribution in [0.1, 0.15) is 35.7 Å². The first-order valence-electron chi connectivity index (χ1n) is 8.18. The van der Waals surface area contributed by atoms with Crippen LogP contribution in [0.2, 0.25) is 0 Å². The molecule has 0 fully saturated rings. The van der Waals surface area contributed by atoms with Gasteiger partial charge in [0.2, 0.25) is 5.91 Å². The molecule has 1 amide bonds. The first kappa shape index (κ1) is 19.8. The van der Waals surface area contributed by atoms with E-state index in [1.807, 2.05) is 18.2 Å². The summed E-state index contributed by atoms with van der Waals surface area (Å²) < 4.78 is 6.53. The van der Waals surface area contributed by atoms with Gasteiger partial charge in [0.15, 0.2) is 0 Å².